The highest BCUT2D eigenvalue weighted by Crippen LogP contribution is 2.28. The number of hydrogen-bond acceptors (Lipinski definition) is 3. The number of allylic oxidation sites excluding steroid dienone is 1. The summed E-state index contributed by atoms with van der Waals surface area (Å²) in [6.07, 6.45) is 2.80. The minimum atomic E-state index is -0.639. The van der Waals surface area contributed by atoms with Crippen LogP contribution < -0.4 is 4.74 Å². The van der Waals surface area contributed by atoms with Crippen LogP contribution >= 0.6 is 23.2 Å². The Morgan fingerprint density at radius 2 is 1.96 bits per heavy atom. The summed E-state index contributed by atoms with van der Waals surface area (Å²) >= 11 is 11.9. The van der Waals surface area contributed by atoms with Gasteiger partial charge in [-0.25, -0.2) is 4.39 Å². The third kappa shape index (κ3) is 3.95. The summed E-state index contributed by atoms with van der Waals surface area (Å²) in [5.74, 6) is -0.751. The number of ketones is 1. The van der Waals surface area contributed by atoms with Gasteiger partial charge in [-0.05, 0) is 42.5 Å². The average Bonchev–Trinajstić information content (AvgIpc) is 3.11. The van der Waals surface area contributed by atoms with Crippen molar-refractivity contribution >= 4 is 35.1 Å². The van der Waals surface area contributed by atoms with Crippen LogP contribution in [0.25, 0.3) is 17.3 Å². The van der Waals surface area contributed by atoms with E-state index in [0.717, 1.165) is 5.56 Å². The number of nitrogens with one attached hydrogen (secondary N) is 1. The van der Waals surface area contributed by atoms with Gasteiger partial charge in [0, 0.05) is 11.6 Å². The fourth-order valence-corrected chi connectivity index (χ4v) is 2.60. The number of ether oxygens (including phenoxy) is 1. The lowest BCUT2D eigenvalue weighted by atomic mass is 10.1. The van der Waals surface area contributed by atoms with Crippen molar-refractivity contribution in [3.05, 3.63) is 75.7 Å². The zero-order chi connectivity index (χ0) is 18.7. The molecule has 2 aromatic carbocycles. The average molecular weight is 391 g/mol. The summed E-state index contributed by atoms with van der Waals surface area (Å²) in [5, 5.41) is 7.85. The predicted octanol–water partition coefficient (Wildman–Crippen LogP) is 5.43. The summed E-state index contributed by atoms with van der Waals surface area (Å²) in [6, 6.07) is 11.0. The van der Waals surface area contributed by atoms with Crippen molar-refractivity contribution in [2.24, 2.45) is 0 Å². The number of aromatic nitrogens is 2. The van der Waals surface area contributed by atoms with Gasteiger partial charge in [0.1, 0.15) is 11.6 Å². The molecule has 0 amide bonds. The Hall–Kier alpha value is -2.63. The third-order valence-corrected chi connectivity index (χ3v) is 4.41. The minimum absolute atomic E-state index is 0.0359. The molecule has 0 saturated heterocycles. The van der Waals surface area contributed by atoms with Crippen molar-refractivity contribution in [2.75, 3.05) is 7.11 Å². The van der Waals surface area contributed by atoms with E-state index in [2.05, 4.69) is 10.2 Å². The molecule has 1 aromatic heterocycles. The highest BCUT2D eigenvalue weighted by Gasteiger charge is 2.10. The number of halogens is 3. The largest absolute Gasteiger partial charge is 0.497 e. The Labute approximate surface area is 159 Å². The fraction of sp³-hybridized carbons (Fsp3) is 0.0526. The van der Waals surface area contributed by atoms with Crippen molar-refractivity contribution in [3.63, 3.8) is 0 Å². The second kappa shape index (κ2) is 7.72. The fourth-order valence-electron chi connectivity index (χ4n) is 2.30. The molecular weight excluding hydrogens is 378 g/mol. The van der Waals surface area contributed by atoms with Gasteiger partial charge in [0.25, 0.3) is 0 Å². The number of methoxy groups -OCH3 is 1. The van der Waals surface area contributed by atoms with Crippen LogP contribution in [0.4, 0.5) is 4.39 Å². The molecule has 0 radical (unpaired) electrons. The lowest BCUT2D eigenvalue weighted by molar-refractivity contribution is 0.104. The maximum absolute atomic E-state index is 13.9. The van der Waals surface area contributed by atoms with Crippen molar-refractivity contribution in [1.82, 2.24) is 10.2 Å². The number of nitrogens with zero attached hydrogens (tertiary/aromatic N) is 1. The highest BCUT2D eigenvalue weighted by molar-refractivity contribution is 6.42. The lowest BCUT2D eigenvalue weighted by Gasteiger charge is -2.02. The number of carbonyl (C=O) groups excluding carboxylic acids is 1. The molecule has 26 heavy (non-hydrogen) atoms. The number of H-pyrrole nitrogens is 1. The second-order valence-electron chi connectivity index (χ2n) is 5.38. The van der Waals surface area contributed by atoms with E-state index in [-0.39, 0.29) is 5.56 Å². The molecule has 0 unspecified atom stereocenters. The van der Waals surface area contributed by atoms with Crippen LogP contribution in [-0.2, 0) is 0 Å². The molecule has 1 heterocycles. The molecule has 3 rings (SSSR count). The van der Waals surface area contributed by atoms with Crippen molar-refractivity contribution in [2.45, 2.75) is 0 Å². The van der Waals surface area contributed by atoms with E-state index in [0.29, 0.717) is 27.2 Å². The second-order valence-corrected chi connectivity index (χ2v) is 6.20. The van der Waals surface area contributed by atoms with Gasteiger partial charge < -0.3 is 4.74 Å². The number of benzene rings is 2. The summed E-state index contributed by atoms with van der Waals surface area (Å²) < 4.78 is 18.9. The van der Waals surface area contributed by atoms with Crippen LogP contribution in [0.3, 0.4) is 0 Å². The van der Waals surface area contributed by atoms with Crippen LogP contribution in [0.2, 0.25) is 10.0 Å². The Bertz CT molecular complexity index is 999. The van der Waals surface area contributed by atoms with Crippen LogP contribution in [0, 0.1) is 5.82 Å². The molecule has 0 fully saturated rings. The van der Waals surface area contributed by atoms with Gasteiger partial charge in [-0.3, -0.25) is 9.89 Å². The van der Waals surface area contributed by atoms with Gasteiger partial charge in [0.05, 0.1) is 34.1 Å². The Balaban J connectivity index is 1.78. The first kappa shape index (κ1) is 18.2. The summed E-state index contributed by atoms with van der Waals surface area (Å²) in [6.45, 7) is 0. The molecule has 0 atom stereocenters. The standard InChI is InChI=1S/C19H13Cl2FN2O2/c1-26-13-4-5-14(17(22)10-13)19(25)7-3-12-9-18(24-23-12)11-2-6-15(20)16(21)8-11/h2-10H,1H3,(H,23,24)/b7-3+. The first-order valence-electron chi connectivity index (χ1n) is 7.54. The van der Waals surface area contributed by atoms with Crippen molar-refractivity contribution in [3.8, 4) is 17.0 Å². The number of carbonyl (C=O) groups is 1. The molecule has 0 aliphatic heterocycles. The van der Waals surface area contributed by atoms with E-state index in [4.69, 9.17) is 27.9 Å². The first-order chi connectivity index (χ1) is 12.5. The molecular formula is C19H13Cl2FN2O2. The van der Waals surface area contributed by atoms with Crippen LogP contribution in [0.5, 0.6) is 5.75 Å². The highest BCUT2D eigenvalue weighted by atomic mass is 35.5. The quantitative estimate of drug-likeness (QED) is 0.466. The van der Waals surface area contributed by atoms with Gasteiger partial charge in [0.2, 0.25) is 0 Å². The molecule has 1 N–H and O–H groups in total. The van der Waals surface area contributed by atoms with Crippen molar-refractivity contribution in [1.29, 1.82) is 0 Å². The van der Waals surface area contributed by atoms with Gasteiger partial charge in [-0.1, -0.05) is 29.3 Å². The first-order valence-corrected chi connectivity index (χ1v) is 8.30. The molecule has 0 bridgehead atoms. The molecule has 3 aromatic rings. The number of rotatable bonds is 5. The molecule has 0 aliphatic carbocycles. The molecule has 0 saturated carbocycles. The zero-order valence-electron chi connectivity index (χ0n) is 13.6. The van der Waals surface area contributed by atoms with Crippen molar-refractivity contribution < 1.29 is 13.9 Å². The smallest absolute Gasteiger partial charge is 0.188 e. The van der Waals surface area contributed by atoms with Crippen LogP contribution in [0.1, 0.15) is 16.1 Å². The summed E-state index contributed by atoms with van der Waals surface area (Å²) in [5.41, 5.74) is 1.98. The van der Waals surface area contributed by atoms with Gasteiger partial charge in [0.15, 0.2) is 5.78 Å². The summed E-state index contributed by atoms with van der Waals surface area (Å²) in [7, 11) is 1.43. The minimum Gasteiger partial charge on any atom is -0.497 e. The SMILES string of the molecule is COc1ccc(C(=O)/C=C/c2cc(-c3ccc(Cl)c(Cl)c3)n[nH]2)c(F)c1. The predicted molar refractivity (Wildman–Crippen MR) is 100 cm³/mol. The third-order valence-electron chi connectivity index (χ3n) is 3.67. The van der Waals surface area contributed by atoms with Gasteiger partial charge in [-0.2, -0.15) is 5.10 Å². The van der Waals surface area contributed by atoms with E-state index in [1.165, 1.54) is 37.5 Å². The molecule has 0 spiro atoms. The lowest BCUT2D eigenvalue weighted by Crippen LogP contribution is -1.99. The van der Waals surface area contributed by atoms with E-state index in [9.17, 15) is 9.18 Å². The Morgan fingerprint density at radius 1 is 1.15 bits per heavy atom. The van der Waals surface area contributed by atoms with E-state index < -0.39 is 11.6 Å². The normalized spacial score (nSPS) is 11.1. The molecule has 132 valence electrons. The molecule has 0 aliphatic rings. The van der Waals surface area contributed by atoms with Gasteiger partial charge in [-0.15, -0.1) is 0 Å². The monoisotopic (exact) mass is 390 g/mol. The zero-order valence-corrected chi connectivity index (χ0v) is 15.1. The number of aromatic amines is 1. The Morgan fingerprint density at radius 3 is 2.65 bits per heavy atom. The van der Waals surface area contributed by atoms with Crippen LogP contribution in [-0.4, -0.2) is 23.1 Å². The maximum Gasteiger partial charge on any atom is 0.188 e. The maximum atomic E-state index is 13.9. The van der Waals surface area contributed by atoms with E-state index in [1.807, 2.05) is 0 Å². The number of hydrogen-bond donors (Lipinski definition) is 1. The molecule has 7 heteroatoms. The van der Waals surface area contributed by atoms with Gasteiger partial charge >= 0.3 is 0 Å². The van der Waals surface area contributed by atoms with Crippen LogP contribution in [0.15, 0.2) is 48.5 Å². The van der Waals surface area contributed by atoms with E-state index >= 15 is 0 Å². The van der Waals surface area contributed by atoms with E-state index in [1.54, 1.807) is 24.3 Å². The topological polar surface area (TPSA) is 55.0 Å². The molecule has 4 nitrogen and oxygen atoms in total. The summed E-state index contributed by atoms with van der Waals surface area (Å²) in [4.78, 5) is 12.2. The Kier molecular flexibility index (Phi) is 5.40.